The SMILES string of the molecule is Cc1ncoc1C(=O)NCc1ccc(/C(N)=N/O)cc1F. The number of rotatable bonds is 4. The van der Waals surface area contributed by atoms with Crippen LogP contribution in [-0.2, 0) is 6.54 Å². The predicted molar refractivity (Wildman–Crippen MR) is 71.3 cm³/mol. The standard InChI is InChI=1S/C13H13FN4O3/c1-7-11(21-6-17-7)13(19)16-5-9-3-2-8(4-10(9)14)12(15)18-20/h2-4,6,20H,5H2,1H3,(H2,15,18)(H,16,19). The van der Waals surface area contributed by atoms with E-state index >= 15 is 0 Å². The summed E-state index contributed by atoms with van der Waals surface area (Å²) in [6, 6.07) is 4.05. The van der Waals surface area contributed by atoms with Crippen molar-refractivity contribution in [3.63, 3.8) is 0 Å². The molecule has 0 bridgehead atoms. The van der Waals surface area contributed by atoms with Gasteiger partial charge in [0.2, 0.25) is 5.76 Å². The number of hydrogen-bond acceptors (Lipinski definition) is 5. The highest BCUT2D eigenvalue weighted by Gasteiger charge is 2.14. The minimum Gasteiger partial charge on any atom is -0.438 e. The minimum absolute atomic E-state index is 0.0265. The van der Waals surface area contributed by atoms with Gasteiger partial charge in [-0.3, -0.25) is 4.79 Å². The van der Waals surface area contributed by atoms with Crippen LogP contribution in [0.3, 0.4) is 0 Å². The van der Waals surface area contributed by atoms with Crippen LogP contribution in [0.5, 0.6) is 0 Å². The maximum absolute atomic E-state index is 13.8. The van der Waals surface area contributed by atoms with Crippen molar-refractivity contribution in [2.45, 2.75) is 13.5 Å². The number of nitrogens with zero attached hydrogens (tertiary/aromatic N) is 2. The van der Waals surface area contributed by atoms with Gasteiger partial charge in [-0.1, -0.05) is 17.3 Å². The van der Waals surface area contributed by atoms with Gasteiger partial charge < -0.3 is 20.7 Å². The highest BCUT2D eigenvalue weighted by atomic mass is 19.1. The third kappa shape index (κ3) is 3.16. The zero-order chi connectivity index (χ0) is 15.4. The summed E-state index contributed by atoms with van der Waals surface area (Å²) in [6.07, 6.45) is 1.16. The van der Waals surface area contributed by atoms with Crippen LogP contribution in [0.2, 0.25) is 0 Å². The van der Waals surface area contributed by atoms with Crippen LogP contribution in [-0.4, -0.2) is 21.9 Å². The lowest BCUT2D eigenvalue weighted by Gasteiger charge is -2.07. The molecule has 2 rings (SSSR count). The largest absolute Gasteiger partial charge is 0.438 e. The van der Waals surface area contributed by atoms with Gasteiger partial charge in [0.25, 0.3) is 5.91 Å². The highest BCUT2D eigenvalue weighted by molar-refractivity contribution is 5.97. The molecule has 1 amide bonds. The van der Waals surface area contributed by atoms with E-state index in [1.54, 1.807) is 6.92 Å². The first kappa shape index (κ1) is 14.5. The number of nitrogens with one attached hydrogen (secondary N) is 1. The Labute approximate surface area is 119 Å². The molecule has 0 aliphatic carbocycles. The van der Waals surface area contributed by atoms with Gasteiger partial charge in [0.15, 0.2) is 12.2 Å². The van der Waals surface area contributed by atoms with E-state index in [0.717, 1.165) is 12.5 Å². The molecule has 2 aromatic rings. The molecule has 0 atom stereocenters. The second kappa shape index (κ2) is 6.04. The highest BCUT2D eigenvalue weighted by Crippen LogP contribution is 2.11. The van der Waals surface area contributed by atoms with Gasteiger partial charge in [-0.05, 0) is 13.0 Å². The lowest BCUT2D eigenvalue weighted by Crippen LogP contribution is -2.24. The van der Waals surface area contributed by atoms with Gasteiger partial charge in [0.1, 0.15) is 5.82 Å². The zero-order valence-corrected chi connectivity index (χ0v) is 11.1. The Kier molecular flexibility index (Phi) is 4.17. The Morgan fingerprint density at radius 3 is 2.90 bits per heavy atom. The quantitative estimate of drug-likeness (QED) is 0.338. The monoisotopic (exact) mass is 292 g/mol. The van der Waals surface area contributed by atoms with E-state index in [4.69, 9.17) is 15.4 Å². The number of halogens is 1. The molecule has 0 saturated heterocycles. The van der Waals surface area contributed by atoms with Crippen molar-refractivity contribution in [2.24, 2.45) is 10.9 Å². The molecule has 21 heavy (non-hydrogen) atoms. The van der Waals surface area contributed by atoms with Crippen LogP contribution >= 0.6 is 0 Å². The van der Waals surface area contributed by atoms with Crippen LogP contribution in [0.1, 0.15) is 27.4 Å². The molecular formula is C13H13FN4O3. The molecule has 0 saturated carbocycles. The van der Waals surface area contributed by atoms with E-state index in [2.05, 4.69) is 15.5 Å². The topological polar surface area (TPSA) is 114 Å². The van der Waals surface area contributed by atoms with E-state index < -0.39 is 11.7 Å². The molecular weight excluding hydrogens is 279 g/mol. The summed E-state index contributed by atoms with van der Waals surface area (Å²) in [5.74, 6) is -1.16. The maximum Gasteiger partial charge on any atom is 0.289 e. The number of amides is 1. The smallest absolute Gasteiger partial charge is 0.289 e. The number of benzene rings is 1. The number of carbonyl (C=O) groups excluding carboxylic acids is 1. The lowest BCUT2D eigenvalue weighted by molar-refractivity contribution is 0.0922. The second-order valence-corrected chi connectivity index (χ2v) is 4.24. The van der Waals surface area contributed by atoms with E-state index in [1.807, 2.05) is 0 Å². The van der Waals surface area contributed by atoms with E-state index in [0.29, 0.717) is 5.69 Å². The number of carbonyl (C=O) groups is 1. The first-order valence-corrected chi connectivity index (χ1v) is 5.97. The van der Waals surface area contributed by atoms with E-state index in [1.165, 1.54) is 12.1 Å². The average Bonchev–Trinajstić information content (AvgIpc) is 2.91. The zero-order valence-electron chi connectivity index (χ0n) is 11.1. The first-order chi connectivity index (χ1) is 10.0. The summed E-state index contributed by atoms with van der Waals surface area (Å²) in [4.78, 5) is 15.6. The van der Waals surface area contributed by atoms with Crippen molar-refractivity contribution in [2.75, 3.05) is 0 Å². The fourth-order valence-electron chi connectivity index (χ4n) is 1.68. The summed E-state index contributed by atoms with van der Waals surface area (Å²) in [5.41, 5.74) is 6.32. The molecule has 1 aromatic carbocycles. The minimum atomic E-state index is -0.575. The number of aromatic nitrogens is 1. The van der Waals surface area contributed by atoms with Crippen LogP contribution in [0.15, 0.2) is 34.2 Å². The molecule has 0 aliphatic rings. The summed E-state index contributed by atoms with van der Waals surface area (Å²) in [5, 5.41) is 13.8. The molecule has 0 aliphatic heterocycles. The summed E-state index contributed by atoms with van der Waals surface area (Å²) < 4.78 is 18.8. The molecule has 0 fully saturated rings. The van der Waals surface area contributed by atoms with Crippen LogP contribution in [0.25, 0.3) is 0 Å². The second-order valence-electron chi connectivity index (χ2n) is 4.24. The maximum atomic E-state index is 13.8. The number of oxime groups is 1. The van der Waals surface area contributed by atoms with Gasteiger partial charge in [-0.2, -0.15) is 0 Å². The summed E-state index contributed by atoms with van der Waals surface area (Å²) in [7, 11) is 0. The van der Waals surface area contributed by atoms with Crippen molar-refractivity contribution in [3.05, 3.63) is 53.0 Å². The number of hydrogen-bond donors (Lipinski definition) is 3. The molecule has 1 heterocycles. The Balaban J connectivity index is 2.07. The van der Waals surface area contributed by atoms with Crippen molar-refractivity contribution >= 4 is 11.7 Å². The van der Waals surface area contributed by atoms with E-state index in [-0.39, 0.29) is 29.3 Å². The van der Waals surface area contributed by atoms with Crippen molar-refractivity contribution in [1.29, 1.82) is 0 Å². The third-order valence-electron chi connectivity index (χ3n) is 2.85. The normalized spacial score (nSPS) is 11.4. The molecule has 7 nitrogen and oxygen atoms in total. The molecule has 0 spiro atoms. The number of aryl methyl sites for hydroxylation is 1. The van der Waals surface area contributed by atoms with Crippen LogP contribution < -0.4 is 11.1 Å². The molecule has 4 N–H and O–H groups in total. The van der Waals surface area contributed by atoms with Gasteiger partial charge in [-0.25, -0.2) is 9.37 Å². The van der Waals surface area contributed by atoms with Gasteiger partial charge >= 0.3 is 0 Å². The Bertz CT molecular complexity index is 696. The molecule has 8 heteroatoms. The summed E-state index contributed by atoms with van der Waals surface area (Å²) >= 11 is 0. The van der Waals surface area contributed by atoms with Crippen molar-refractivity contribution in [3.8, 4) is 0 Å². The van der Waals surface area contributed by atoms with Crippen molar-refractivity contribution < 1.29 is 18.8 Å². The lowest BCUT2D eigenvalue weighted by atomic mass is 10.1. The number of amidine groups is 1. The fraction of sp³-hybridized carbons (Fsp3) is 0.154. The molecule has 0 radical (unpaired) electrons. The van der Waals surface area contributed by atoms with Crippen LogP contribution in [0, 0.1) is 12.7 Å². The van der Waals surface area contributed by atoms with Gasteiger partial charge in [0, 0.05) is 17.7 Å². The Hall–Kier alpha value is -2.90. The molecule has 0 unspecified atom stereocenters. The molecule has 110 valence electrons. The Morgan fingerprint density at radius 2 is 2.33 bits per heavy atom. The number of nitrogens with two attached hydrogens (primary N) is 1. The summed E-state index contributed by atoms with van der Waals surface area (Å²) in [6.45, 7) is 1.60. The Morgan fingerprint density at radius 1 is 1.57 bits per heavy atom. The molecule has 1 aromatic heterocycles. The average molecular weight is 292 g/mol. The van der Waals surface area contributed by atoms with Gasteiger partial charge in [0.05, 0.1) is 5.69 Å². The first-order valence-electron chi connectivity index (χ1n) is 5.97. The van der Waals surface area contributed by atoms with Crippen molar-refractivity contribution in [1.82, 2.24) is 10.3 Å². The fourth-order valence-corrected chi connectivity index (χ4v) is 1.68. The predicted octanol–water partition coefficient (Wildman–Crippen LogP) is 1.15. The van der Waals surface area contributed by atoms with E-state index in [9.17, 15) is 9.18 Å². The number of oxazole rings is 1. The third-order valence-corrected chi connectivity index (χ3v) is 2.85. The van der Waals surface area contributed by atoms with Gasteiger partial charge in [-0.15, -0.1) is 0 Å². The van der Waals surface area contributed by atoms with Crippen LogP contribution in [0.4, 0.5) is 4.39 Å².